The van der Waals surface area contributed by atoms with Crippen LogP contribution in [0.15, 0.2) is 24.3 Å². The van der Waals surface area contributed by atoms with Crippen molar-refractivity contribution in [3.05, 3.63) is 41.2 Å². The van der Waals surface area contributed by atoms with Crippen LogP contribution in [-0.2, 0) is 0 Å². The maximum atomic E-state index is 11.4. The minimum absolute atomic E-state index is 0.408. The van der Waals surface area contributed by atoms with E-state index >= 15 is 0 Å². The summed E-state index contributed by atoms with van der Waals surface area (Å²) < 4.78 is 1.67. The molecule has 0 fully saturated rings. The first-order valence-electron chi connectivity index (χ1n) is 5.22. The second-order valence-electron chi connectivity index (χ2n) is 3.98. The van der Waals surface area contributed by atoms with Crippen LogP contribution in [0.4, 0.5) is 5.69 Å². The predicted molar refractivity (Wildman–Crippen MR) is 66.0 cm³/mol. The number of aryl methyl sites for hydroxylation is 2. The van der Waals surface area contributed by atoms with E-state index in [2.05, 4.69) is 5.10 Å². The molecule has 0 saturated heterocycles. The van der Waals surface area contributed by atoms with Crippen molar-refractivity contribution in [1.82, 2.24) is 9.78 Å². The summed E-state index contributed by atoms with van der Waals surface area (Å²) in [6.45, 7) is 3.80. The van der Waals surface area contributed by atoms with Crippen LogP contribution in [0.5, 0.6) is 0 Å². The van der Waals surface area contributed by atoms with Gasteiger partial charge in [-0.25, -0.2) is 4.68 Å². The number of nitrogens with zero attached hydrogens (tertiary/aromatic N) is 2. The number of carbonyl (C=O) groups excluding carboxylic acids is 1. The van der Waals surface area contributed by atoms with Crippen molar-refractivity contribution in [3.8, 4) is 5.69 Å². The number of nitrogens with two attached hydrogens (primary N) is 2. The normalized spacial score (nSPS) is 10.5. The molecule has 0 atom stereocenters. The summed E-state index contributed by atoms with van der Waals surface area (Å²) in [5.74, 6) is -0.493. The largest absolute Gasteiger partial charge is 0.399 e. The van der Waals surface area contributed by atoms with E-state index in [0.717, 1.165) is 11.4 Å². The number of benzene rings is 1. The number of rotatable bonds is 2. The molecule has 1 aromatic heterocycles. The van der Waals surface area contributed by atoms with Gasteiger partial charge in [-0.05, 0) is 38.1 Å². The fraction of sp³-hybridized carbons (Fsp3) is 0.167. The first-order chi connectivity index (χ1) is 7.99. The van der Waals surface area contributed by atoms with E-state index in [1.807, 2.05) is 19.9 Å². The molecule has 2 aromatic rings. The Bertz CT molecular complexity index is 586. The summed E-state index contributed by atoms with van der Waals surface area (Å²) in [4.78, 5) is 11.4. The zero-order valence-electron chi connectivity index (χ0n) is 9.77. The molecular formula is C12H14N4O. The third-order valence-electron chi connectivity index (χ3n) is 2.53. The molecule has 0 aliphatic rings. The molecule has 1 heterocycles. The summed E-state index contributed by atoms with van der Waals surface area (Å²) in [5.41, 5.74) is 14.5. The Morgan fingerprint density at radius 2 is 2.00 bits per heavy atom. The van der Waals surface area contributed by atoms with Crippen molar-refractivity contribution in [1.29, 1.82) is 0 Å². The van der Waals surface area contributed by atoms with Crippen LogP contribution in [0.3, 0.4) is 0 Å². The van der Waals surface area contributed by atoms with E-state index < -0.39 is 5.91 Å². The quantitative estimate of drug-likeness (QED) is 0.759. The Kier molecular flexibility index (Phi) is 2.59. The molecule has 2 rings (SSSR count). The molecule has 0 spiro atoms. The first kappa shape index (κ1) is 11.2. The second-order valence-corrected chi connectivity index (χ2v) is 3.98. The van der Waals surface area contributed by atoms with Gasteiger partial charge in [0.1, 0.15) is 0 Å². The lowest BCUT2D eigenvalue weighted by molar-refractivity contribution is 0.1000. The average Bonchev–Trinajstić information content (AvgIpc) is 2.57. The molecule has 1 aromatic carbocycles. The topological polar surface area (TPSA) is 86.9 Å². The fourth-order valence-electron chi connectivity index (χ4n) is 1.81. The first-order valence-corrected chi connectivity index (χ1v) is 5.22. The Balaban J connectivity index is 2.69. The van der Waals surface area contributed by atoms with Gasteiger partial charge in [0, 0.05) is 11.4 Å². The zero-order valence-corrected chi connectivity index (χ0v) is 9.77. The van der Waals surface area contributed by atoms with Crippen LogP contribution in [0.1, 0.15) is 21.7 Å². The van der Waals surface area contributed by atoms with Gasteiger partial charge in [-0.15, -0.1) is 0 Å². The summed E-state index contributed by atoms with van der Waals surface area (Å²) >= 11 is 0. The van der Waals surface area contributed by atoms with Crippen LogP contribution < -0.4 is 11.5 Å². The number of hydrogen-bond acceptors (Lipinski definition) is 3. The lowest BCUT2D eigenvalue weighted by Gasteiger charge is -2.09. The number of nitrogen functional groups attached to an aromatic ring is 1. The van der Waals surface area contributed by atoms with Gasteiger partial charge in [0.2, 0.25) is 0 Å². The highest BCUT2D eigenvalue weighted by Gasteiger charge is 2.13. The highest BCUT2D eigenvalue weighted by atomic mass is 16.1. The molecule has 0 aliphatic heterocycles. The van der Waals surface area contributed by atoms with Gasteiger partial charge in [0.15, 0.2) is 0 Å². The molecule has 88 valence electrons. The lowest BCUT2D eigenvalue weighted by Crippen LogP contribution is -2.16. The zero-order chi connectivity index (χ0) is 12.6. The minimum atomic E-state index is -0.493. The fourth-order valence-corrected chi connectivity index (χ4v) is 1.81. The molecule has 0 radical (unpaired) electrons. The Morgan fingerprint density at radius 3 is 2.53 bits per heavy atom. The summed E-state index contributed by atoms with van der Waals surface area (Å²) in [7, 11) is 0. The van der Waals surface area contributed by atoms with E-state index in [-0.39, 0.29) is 0 Å². The van der Waals surface area contributed by atoms with E-state index in [1.54, 1.807) is 22.9 Å². The smallest absolute Gasteiger partial charge is 0.250 e. The maximum Gasteiger partial charge on any atom is 0.250 e. The molecule has 4 N–H and O–H groups in total. The van der Waals surface area contributed by atoms with Gasteiger partial charge in [-0.1, -0.05) is 0 Å². The van der Waals surface area contributed by atoms with Gasteiger partial charge >= 0.3 is 0 Å². The maximum absolute atomic E-state index is 11.4. The Labute approximate surface area is 99.0 Å². The second kappa shape index (κ2) is 3.93. The highest BCUT2D eigenvalue weighted by Crippen LogP contribution is 2.19. The average molecular weight is 230 g/mol. The van der Waals surface area contributed by atoms with Crippen molar-refractivity contribution < 1.29 is 4.79 Å². The Hall–Kier alpha value is -2.30. The summed E-state index contributed by atoms with van der Waals surface area (Å²) in [6.07, 6.45) is 0. The standard InChI is InChI=1S/C12H14N4O/c1-7-5-8(2)16(15-7)11-6-9(13)3-4-10(11)12(14)17/h3-6H,13H2,1-2H3,(H2,14,17). The number of aromatic nitrogens is 2. The number of primary amides is 1. The van der Waals surface area contributed by atoms with Gasteiger partial charge < -0.3 is 11.5 Å². The lowest BCUT2D eigenvalue weighted by atomic mass is 10.1. The van der Waals surface area contributed by atoms with Crippen molar-refractivity contribution >= 4 is 11.6 Å². The van der Waals surface area contributed by atoms with Crippen LogP contribution in [0.2, 0.25) is 0 Å². The SMILES string of the molecule is Cc1cc(C)n(-c2cc(N)ccc2C(N)=O)n1. The van der Waals surface area contributed by atoms with Crippen molar-refractivity contribution in [2.75, 3.05) is 5.73 Å². The summed E-state index contributed by atoms with van der Waals surface area (Å²) in [6, 6.07) is 6.88. The highest BCUT2D eigenvalue weighted by molar-refractivity contribution is 5.97. The predicted octanol–water partition coefficient (Wildman–Crippen LogP) is 1.17. The van der Waals surface area contributed by atoms with Crippen molar-refractivity contribution in [2.24, 2.45) is 5.73 Å². The third kappa shape index (κ3) is 1.99. The van der Waals surface area contributed by atoms with E-state index in [4.69, 9.17) is 11.5 Å². The van der Waals surface area contributed by atoms with Gasteiger partial charge in [0.05, 0.1) is 16.9 Å². The minimum Gasteiger partial charge on any atom is -0.399 e. The monoisotopic (exact) mass is 230 g/mol. The number of carbonyl (C=O) groups is 1. The molecule has 0 unspecified atom stereocenters. The molecule has 5 heteroatoms. The van der Waals surface area contributed by atoms with Crippen molar-refractivity contribution in [2.45, 2.75) is 13.8 Å². The van der Waals surface area contributed by atoms with Gasteiger partial charge in [-0.3, -0.25) is 4.79 Å². The van der Waals surface area contributed by atoms with E-state index in [1.165, 1.54) is 0 Å². The molecule has 5 nitrogen and oxygen atoms in total. The van der Waals surface area contributed by atoms with Crippen LogP contribution in [-0.4, -0.2) is 15.7 Å². The van der Waals surface area contributed by atoms with Gasteiger partial charge in [0.25, 0.3) is 5.91 Å². The van der Waals surface area contributed by atoms with E-state index in [9.17, 15) is 4.79 Å². The number of anilines is 1. The molecule has 1 amide bonds. The molecule has 0 saturated carbocycles. The molecule has 0 bridgehead atoms. The molecule has 17 heavy (non-hydrogen) atoms. The molecular weight excluding hydrogens is 216 g/mol. The van der Waals surface area contributed by atoms with Crippen LogP contribution in [0, 0.1) is 13.8 Å². The van der Waals surface area contributed by atoms with Crippen LogP contribution >= 0.6 is 0 Å². The summed E-state index contributed by atoms with van der Waals surface area (Å²) in [5, 5.41) is 4.32. The van der Waals surface area contributed by atoms with Crippen LogP contribution in [0.25, 0.3) is 5.69 Å². The van der Waals surface area contributed by atoms with Crippen molar-refractivity contribution in [3.63, 3.8) is 0 Å². The number of hydrogen-bond donors (Lipinski definition) is 2. The van der Waals surface area contributed by atoms with E-state index in [0.29, 0.717) is 16.9 Å². The third-order valence-corrected chi connectivity index (χ3v) is 2.53. The Morgan fingerprint density at radius 1 is 1.29 bits per heavy atom. The molecule has 0 aliphatic carbocycles. The number of amides is 1. The van der Waals surface area contributed by atoms with Gasteiger partial charge in [-0.2, -0.15) is 5.10 Å².